The predicted octanol–water partition coefficient (Wildman–Crippen LogP) is -0.337. The maximum absolute atomic E-state index is 12.0. The number of amides is 1. The van der Waals surface area contributed by atoms with Crippen LogP contribution in [0.25, 0.3) is 0 Å². The minimum Gasteiger partial charge on any atom is -0.355 e. The van der Waals surface area contributed by atoms with Gasteiger partial charge < -0.3 is 11.1 Å². The Balaban J connectivity index is 1.73. The van der Waals surface area contributed by atoms with Crippen molar-refractivity contribution in [2.45, 2.75) is 24.7 Å². The monoisotopic (exact) mass is 354 g/mol. The van der Waals surface area contributed by atoms with Gasteiger partial charge in [0.15, 0.2) is 0 Å². The molecule has 1 heterocycles. The van der Waals surface area contributed by atoms with E-state index in [1.165, 1.54) is 12.1 Å². The smallest absolute Gasteiger partial charge is 0.238 e. The summed E-state index contributed by atoms with van der Waals surface area (Å²) in [4.78, 5) is 14.2. The van der Waals surface area contributed by atoms with Crippen LogP contribution in [0, 0.1) is 5.41 Å². The number of carbonyl (C=O) groups excluding carboxylic acids is 1. The molecule has 1 aliphatic rings. The van der Waals surface area contributed by atoms with Crippen molar-refractivity contribution in [3.8, 4) is 0 Å². The molecule has 1 aliphatic heterocycles. The van der Waals surface area contributed by atoms with Crippen molar-refractivity contribution in [2.24, 2.45) is 16.3 Å². The van der Waals surface area contributed by atoms with Gasteiger partial charge in [0.2, 0.25) is 15.9 Å². The molecule has 0 aliphatic carbocycles. The SMILES string of the molecule is CC1(CN)CCN(CC(=O)NCCc2ccc(S(N)(=O)=O)cc2)C1. The fraction of sp³-hybridized carbons (Fsp3) is 0.562. The number of nitrogens with one attached hydrogen (secondary N) is 1. The van der Waals surface area contributed by atoms with E-state index in [2.05, 4.69) is 17.1 Å². The molecule has 1 saturated heterocycles. The van der Waals surface area contributed by atoms with E-state index in [4.69, 9.17) is 10.9 Å². The summed E-state index contributed by atoms with van der Waals surface area (Å²) in [5.41, 5.74) is 6.83. The van der Waals surface area contributed by atoms with Crippen LogP contribution in [0.5, 0.6) is 0 Å². The van der Waals surface area contributed by atoms with E-state index < -0.39 is 10.0 Å². The zero-order valence-electron chi connectivity index (χ0n) is 14.0. The summed E-state index contributed by atoms with van der Waals surface area (Å²) in [5.74, 6) is -0.00238. The Morgan fingerprint density at radius 3 is 2.54 bits per heavy atom. The van der Waals surface area contributed by atoms with Crippen LogP contribution in [0.15, 0.2) is 29.2 Å². The Hall–Kier alpha value is -1.48. The fourth-order valence-electron chi connectivity index (χ4n) is 2.88. The van der Waals surface area contributed by atoms with Crippen LogP contribution in [-0.2, 0) is 21.2 Å². The summed E-state index contributed by atoms with van der Waals surface area (Å²) in [6, 6.07) is 6.37. The van der Waals surface area contributed by atoms with Crippen LogP contribution >= 0.6 is 0 Å². The molecule has 24 heavy (non-hydrogen) atoms. The summed E-state index contributed by atoms with van der Waals surface area (Å²) >= 11 is 0. The van der Waals surface area contributed by atoms with Crippen LogP contribution < -0.4 is 16.2 Å². The number of hydrogen-bond acceptors (Lipinski definition) is 5. The van der Waals surface area contributed by atoms with E-state index in [-0.39, 0.29) is 16.2 Å². The van der Waals surface area contributed by atoms with Crippen LogP contribution in [0.1, 0.15) is 18.9 Å². The first-order valence-electron chi connectivity index (χ1n) is 8.03. The molecular weight excluding hydrogens is 328 g/mol. The molecule has 134 valence electrons. The van der Waals surface area contributed by atoms with Crippen molar-refractivity contribution in [2.75, 3.05) is 32.7 Å². The van der Waals surface area contributed by atoms with E-state index in [1.807, 2.05) is 0 Å². The maximum Gasteiger partial charge on any atom is 0.238 e. The number of carbonyl (C=O) groups is 1. The van der Waals surface area contributed by atoms with E-state index >= 15 is 0 Å². The first-order valence-corrected chi connectivity index (χ1v) is 9.57. The molecule has 1 atom stereocenters. The number of hydrogen-bond donors (Lipinski definition) is 3. The predicted molar refractivity (Wildman–Crippen MR) is 92.7 cm³/mol. The zero-order chi connectivity index (χ0) is 17.8. The second kappa shape index (κ2) is 7.60. The minimum atomic E-state index is -3.66. The highest BCUT2D eigenvalue weighted by Crippen LogP contribution is 2.27. The lowest BCUT2D eigenvalue weighted by Gasteiger charge is -2.22. The van der Waals surface area contributed by atoms with Gasteiger partial charge in [0.05, 0.1) is 11.4 Å². The van der Waals surface area contributed by atoms with Crippen molar-refractivity contribution in [3.05, 3.63) is 29.8 Å². The summed E-state index contributed by atoms with van der Waals surface area (Å²) in [7, 11) is -3.66. The minimum absolute atomic E-state index is 0.00238. The molecular formula is C16H26N4O3S. The quantitative estimate of drug-likeness (QED) is 0.619. The van der Waals surface area contributed by atoms with E-state index in [0.29, 0.717) is 26.1 Å². The lowest BCUT2D eigenvalue weighted by atomic mass is 9.90. The molecule has 1 unspecified atom stereocenters. The van der Waals surface area contributed by atoms with Crippen LogP contribution in [-0.4, -0.2) is 51.9 Å². The highest BCUT2D eigenvalue weighted by atomic mass is 32.2. The lowest BCUT2D eigenvalue weighted by Crippen LogP contribution is -2.38. The van der Waals surface area contributed by atoms with E-state index in [1.54, 1.807) is 12.1 Å². The molecule has 1 amide bonds. The average Bonchev–Trinajstić information content (AvgIpc) is 2.89. The van der Waals surface area contributed by atoms with Crippen molar-refractivity contribution in [1.82, 2.24) is 10.2 Å². The van der Waals surface area contributed by atoms with Crippen molar-refractivity contribution in [1.29, 1.82) is 0 Å². The standard InChI is InChI=1S/C16H26N4O3S/c1-16(11-17)7-9-20(12-16)10-15(21)19-8-6-13-2-4-14(5-3-13)24(18,22)23/h2-5H,6-12,17H2,1H3,(H,19,21)(H2,18,22,23). The van der Waals surface area contributed by atoms with Crippen molar-refractivity contribution in [3.63, 3.8) is 0 Å². The Morgan fingerprint density at radius 1 is 1.33 bits per heavy atom. The van der Waals surface area contributed by atoms with Gasteiger partial charge in [-0.2, -0.15) is 0 Å². The molecule has 0 radical (unpaired) electrons. The molecule has 0 bridgehead atoms. The number of sulfonamides is 1. The van der Waals surface area contributed by atoms with Gasteiger partial charge in [0.25, 0.3) is 0 Å². The lowest BCUT2D eigenvalue weighted by molar-refractivity contribution is -0.122. The first-order chi connectivity index (χ1) is 11.2. The van der Waals surface area contributed by atoms with Gasteiger partial charge in [-0.3, -0.25) is 9.69 Å². The van der Waals surface area contributed by atoms with Crippen molar-refractivity contribution < 1.29 is 13.2 Å². The summed E-state index contributed by atoms with van der Waals surface area (Å²) in [6.07, 6.45) is 1.66. The number of likely N-dealkylation sites (tertiary alicyclic amines) is 1. The molecule has 0 spiro atoms. The Morgan fingerprint density at radius 2 is 2.00 bits per heavy atom. The van der Waals surface area contributed by atoms with Gasteiger partial charge in [0, 0.05) is 13.1 Å². The van der Waals surface area contributed by atoms with Gasteiger partial charge in [-0.05, 0) is 49.0 Å². The number of nitrogens with two attached hydrogens (primary N) is 2. The largest absolute Gasteiger partial charge is 0.355 e. The Labute approximate surface area is 143 Å². The molecule has 1 fully saturated rings. The first kappa shape index (κ1) is 18.9. The molecule has 7 nitrogen and oxygen atoms in total. The fourth-order valence-corrected chi connectivity index (χ4v) is 3.39. The van der Waals surface area contributed by atoms with Crippen LogP contribution in [0.4, 0.5) is 0 Å². The number of nitrogens with zero attached hydrogens (tertiary/aromatic N) is 1. The Bertz CT molecular complexity index is 675. The van der Waals surface area contributed by atoms with Gasteiger partial charge in [-0.1, -0.05) is 19.1 Å². The highest BCUT2D eigenvalue weighted by molar-refractivity contribution is 7.89. The molecule has 0 saturated carbocycles. The highest BCUT2D eigenvalue weighted by Gasteiger charge is 2.32. The van der Waals surface area contributed by atoms with Gasteiger partial charge >= 0.3 is 0 Å². The summed E-state index contributed by atoms with van der Waals surface area (Å²) in [5, 5.41) is 7.95. The third-order valence-corrected chi connectivity index (χ3v) is 5.41. The molecule has 2 rings (SSSR count). The molecule has 0 aromatic heterocycles. The van der Waals surface area contributed by atoms with E-state index in [9.17, 15) is 13.2 Å². The van der Waals surface area contributed by atoms with Gasteiger partial charge in [-0.15, -0.1) is 0 Å². The third kappa shape index (κ3) is 5.27. The Kier molecular flexibility index (Phi) is 5.97. The number of rotatable bonds is 7. The zero-order valence-corrected chi connectivity index (χ0v) is 14.8. The van der Waals surface area contributed by atoms with Crippen molar-refractivity contribution >= 4 is 15.9 Å². The third-order valence-electron chi connectivity index (χ3n) is 4.48. The summed E-state index contributed by atoms with van der Waals surface area (Å²) in [6.45, 7) is 5.44. The normalized spacial score (nSPS) is 21.8. The average molecular weight is 354 g/mol. The van der Waals surface area contributed by atoms with Crippen LogP contribution in [0.2, 0.25) is 0 Å². The molecule has 1 aromatic carbocycles. The molecule has 5 N–H and O–H groups in total. The van der Waals surface area contributed by atoms with Gasteiger partial charge in [-0.25, -0.2) is 13.6 Å². The second-order valence-corrected chi connectivity index (χ2v) is 8.33. The second-order valence-electron chi connectivity index (χ2n) is 6.76. The van der Waals surface area contributed by atoms with E-state index in [0.717, 1.165) is 25.1 Å². The summed E-state index contributed by atoms with van der Waals surface area (Å²) < 4.78 is 22.4. The van der Waals surface area contributed by atoms with Gasteiger partial charge in [0.1, 0.15) is 0 Å². The molecule has 1 aromatic rings. The number of benzene rings is 1. The number of primary sulfonamides is 1. The molecule has 8 heteroatoms. The topological polar surface area (TPSA) is 119 Å². The maximum atomic E-state index is 12.0. The van der Waals surface area contributed by atoms with Crippen LogP contribution in [0.3, 0.4) is 0 Å².